The SMILES string of the molecule is CN(CCC(N)C(=O)O)Cc1cccnc1. The number of hydrogen-bond acceptors (Lipinski definition) is 4. The van der Waals surface area contributed by atoms with Gasteiger partial charge in [-0.1, -0.05) is 6.07 Å². The molecule has 0 aliphatic carbocycles. The van der Waals surface area contributed by atoms with Crippen LogP contribution >= 0.6 is 0 Å². The first-order valence-electron chi connectivity index (χ1n) is 5.15. The van der Waals surface area contributed by atoms with Gasteiger partial charge in [0, 0.05) is 25.5 Å². The second-order valence-electron chi connectivity index (χ2n) is 3.83. The number of carbonyl (C=O) groups is 1. The fraction of sp³-hybridized carbons (Fsp3) is 0.455. The molecule has 0 amide bonds. The van der Waals surface area contributed by atoms with E-state index in [2.05, 4.69) is 4.98 Å². The van der Waals surface area contributed by atoms with Gasteiger partial charge in [-0.15, -0.1) is 0 Å². The average Bonchev–Trinajstić information content (AvgIpc) is 2.27. The van der Waals surface area contributed by atoms with Crippen LogP contribution in [-0.2, 0) is 11.3 Å². The van der Waals surface area contributed by atoms with E-state index >= 15 is 0 Å². The van der Waals surface area contributed by atoms with Crippen molar-refractivity contribution < 1.29 is 9.90 Å². The molecule has 0 spiro atoms. The van der Waals surface area contributed by atoms with Crippen LogP contribution in [-0.4, -0.2) is 40.6 Å². The summed E-state index contributed by atoms with van der Waals surface area (Å²) in [6, 6.07) is 3.09. The zero-order valence-corrected chi connectivity index (χ0v) is 9.34. The smallest absolute Gasteiger partial charge is 0.320 e. The Labute approximate surface area is 94.9 Å². The van der Waals surface area contributed by atoms with Crippen molar-refractivity contribution in [3.63, 3.8) is 0 Å². The molecule has 5 heteroatoms. The number of aliphatic carboxylic acids is 1. The summed E-state index contributed by atoms with van der Waals surface area (Å²) in [7, 11) is 1.93. The largest absolute Gasteiger partial charge is 0.480 e. The van der Waals surface area contributed by atoms with Crippen LogP contribution in [0.25, 0.3) is 0 Å². The minimum atomic E-state index is -0.949. The highest BCUT2D eigenvalue weighted by molar-refractivity contribution is 5.72. The Bertz CT molecular complexity index is 329. The number of pyridine rings is 1. The molecule has 1 rings (SSSR count). The zero-order chi connectivity index (χ0) is 12.0. The number of aromatic nitrogens is 1. The quantitative estimate of drug-likeness (QED) is 0.726. The number of hydrogen-bond donors (Lipinski definition) is 2. The average molecular weight is 223 g/mol. The predicted octanol–water partition coefficient (Wildman–Crippen LogP) is 0.315. The van der Waals surface area contributed by atoms with Crippen molar-refractivity contribution in [3.05, 3.63) is 30.1 Å². The minimum absolute atomic E-state index is 0.450. The molecule has 16 heavy (non-hydrogen) atoms. The molecule has 0 saturated heterocycles. The second-order valence-corrected chi connectivity index (χ2v) is 3.83. The Morgan fingerprint density at radius 1 is 1.69 bits per heavy atom. The number of nitrogens with zero attached hydrogens (tertiary/aromatic N) is 2. The third-order valence-electron chi connectivity index (χ3n) is 2.31. The maximum atomic E-state index is 10.5. The lowest BCUT2D eigenvalue weighted by Crippen LogP contribution is -2.34. The van der Waals surface area contributed by atoms with Gasteiger partial charge in [-0.2, -0.15) is 0 Å². The van der Waals surface area contributed by atoms with Crippen molar-refractivity contribution in [1.82, 2.24) is 9.88 Å². The third kappa shape index (κ3) is 4.37. The van der Waals surface area contributed by atoms with E-state index in [9.17, 15) is 4.79 Å². The highest BCUT2D eigenvalue weighted by Crippen LogP contribution is 2.01. The van der Waals surface area contributed by atoms with E-state index in [1.807, 2.05) is 24.1 Å². The van der Waals surface area contributed by atoms with E-state index in [0.717, 1.165) is 12.1 Å². The van der Waals surface area contributed by atoms with Crippen molar-refractivity contribution in [2.45, 2.75) is 19.0 Å². The van der Waals surface area contributed by atoms with Gasteiger partial charge in [0.2, 0.25) is 0 Å². The molecule has 5 nitrogen and oxygen atoms in total. The van der Waals surface area contributed by atoms with Crippen molar-refractivity contribution in [2.24, 2.45) is 5.73 Å². The number of carboxylic acid groups (broad SMARTS) is 1. The van der Waals surface area contributed by atoms with Gasteiger partial charge in [0.25, 0.3) is 0 Å². The fourth-order valence-electron chi connectivity index (χ4n) is 1.37. The van der Waals surface area contributed by atoms with Gasteiger partial charge in [0.05, 0.1) is 0 Å². The second kappa shape index (κ2) is 6.19. The van der Waals surface area contributed by atoms with E-state index in [0.29, 0.717) is 13.0 Å². The van der Waals surface area contributed by atoms with Crippen LogP contribution in [0.3, 0.4) is 0 Å². The molecule has 0 bridgehead atoms. The molecule has 0 aliphatic heterocycles. The normalized spacial score (nSPS) is 12.7. The summed E-state index contributed by atoms with van der Waals surface area (Å²) in [5, 5.41) is 8.63. The van der Waals surface area contributed by atoms with Crippen molar-refractivity contribution >= 4 is 5.97 Å². The van der Waals surface area contributed by atoms with Gasteiger partial charge in [-0.3, -0.25) is 9.78 Å². The molecule has 0 fully saturated rings. The Morgan fingerprint density at radius 3 is 3.00 bits per heavy atom. The van der Waals surface area contributed by atoms with Crippen LogP contribution in [0.4, 0.5) is 0 Å². The summed E-state index contributed by atoms with van der Waals surface area (Å²) in [6.45, 7) is 1.41. The van der Waals surface area contributed by atoms with Crippen LogP contribution in [0.1, 0.15) is 12.0 Å². The molecule has 1 atom stereocenters. The molecule has 1 unspecified atom stereocenters. The van der Waals surface area contributed by atoms with Gasteiger partial charge in [0.1, 0.15) is 6.04 Å². The van der Waals surface area contributed by atoms with Crippen LogP contribution in [0, 0.1) is 0 Å². The first kappa shape index (κ1) is 12.6. The van der Waals surface area contributed by atoms with Crippen molar-refractivity contribution in [2.75, 3.05) is 13.6 Å². The van der Waals surface area contributed by atoms with E-state index in [1.165, 1.54) is 0 Å². The summed E-state index contributed by atoms with van der Waals surface area (Å²) in [5.41, 5.74) is 6.53. The Hall–Kier alpha value is -1.46. The highest BCUT2D eigenvalue weighted by Gasteiger charge is 2.11. The topological polar surface area (TPSA) is 79.5 Å². The first-order valence-corrected chi connectivity index (χ1v) is 5.15. The molecule has 0 aliphatic rings. The summed E-state index contributed by atoms with van der Waals surface area (Å²) in [5.74, 6) is -0.949. The lowest BCUT2D eigenvalue weighted by molar-refractivity contribution is -0.138. The monoisotopic (exact) mass is 223 g/mol. The lowest BCUT2D eigenvalue weighted by atomic mass is 10.2. The van der Waals surface area contributed by atoms with Crippen LogP contribution < -0.4 is 5.73 Å². The summed E-state index contributed by atoms with van der Waals surface area (Å²) >= 11 is 0. The molecule has 1 heterocycles. The van der Waals surface area contributed by atoms with E-state index in [1.54, 1.807) is 12.4 Å². The molecular formula is C11H17N3O2. The zero-order valence-electron chi connectivity index (χ0n) is 9.34. The minimum Gasteiger partial charge on any atom is -0.480 e. The predicted molar refractivity (Wildman–Crippen MR) is 60.8 cm³/mol. The fourth-order valence-corrected chi connectivity index (χ4v) is 1.37. The number of carboxylic acids is 1. The number of rotatable bonds is 6. The van der Waals surface area contributed by atoms with E-state index in [4.69, 9.17) is 10.8 Å². The van der Waals surface area contributed by atoms with Crippen molar-refractivity contribution in [3.8, 4) is 0 Å². The van der Waals surface area contributed by atoms with E-state index < -0.39 is 12.0 Å². The lowest BCUT2D eigenvalue weighted by Gasteiger charge is -2.17. The molecule has 1 aromatic heterocycles. The molecule has 1 aromatic rings. The van der Waals surface area contributed by atoms with Crippen LogP contribution in [0.5, 0.6) is 0 Å². The summed E-state index contributed by atoms with van der Waals surface area (Å²) in [4.78, 5) is 16.6. The van der Waals surface area contributed by atoms with Gasteiger partial charge in [0.15, 0.2) is 0 Å². The van der Waals surface area contributed by atoms with Gasteiger partial charge < -0.3 is 15.7 Å². The molecule has 0 radical (unpaired) electrons. The summed E-state index contributed by atoms with van der Waals surface area (Å²) in [6.07, 6.45) is 3.98. The Morgan fingerprint density at radius 2 is 2.44 bits per heavy atom. The molecule has 3 N–H and O–H groups in total. The Balaban J connectivity index is 2.31. The van der Waals surface area contributed by atoms with Crippen molar-refractivity contribution in [1.29, 1.82) is 0 Å². The molecule has 88 valence electrons. The molecule has 0 aromatic carbocycles. The van der Waals surface area contributed by atoms with Crippen LogP contribution in [0.15, 0.2) is 24.5 Å². The van der Waals surface area contributed by atoms with E-state index in [-0.39, 0.29) is 0 Å². The Kier molecular flexibility index (Phi) is 4.88. The standard InChI is InChI=1S/C11H17N3O2/c1-14(6-4-10(12)11(15)16)8-9-3-2-5-13-7-9/h2-3,5,7,10H,4,6,8,12H2,1H3,(H,15,16). The maximum absolute atomic E-state index is 10.5. The van der Waals surface area contributed by atoms with Crippen LogP contribution in [0.2, 0.25) is 0 Å². The molecule has 0 saturated carbocycles. The van der Waals surface area contributed by atoms with Gasteiger partial charge in [-0.05, 0) is 25.1 Å². The molecular weight excluding hydrogens is 206 g/mol. The highest BCUT2D eigenvalue weighted by atomic mass is 16.4. The van der Waals surface area contributed by atoms with Gasteiger partial charge in [-0.25, -0.2) is 0 Å². The summed E-state index contributed by atoms with van der Waals surface area (Å²) < 4.78 is 0. The first-order chi connectivity index (χ1) is 7.59. The van der Waals surface area contributed by atoms with Gasteiger partial charge >= 0.3 is 5.97 Å². The number of nitrogens with two attached hydrogens (primary N) is 1. The maximum Gasteiger partial charge on any atom is 0.320 e. The third-order valence-corrected chi connectivity index (χ3v) is 2.31.